The molecule has 0 aliphatic rings. The van der Waals surface area contributed by atoms with Gasteiger partial charge in [0.1, 0.15) is 5.75 Å². The van der Waals surface area contributed by atoms with Gasteiger partial charge in [0.25, 0.3) is 5.56 Å². The number of rotatable bonds is 6. The second-order valence-electron chi connectivity index (χ2n) is 6.70. The van der Waals surface area contributed by atoms with Crippen molar-refractivity contribution in [3.05, 3.63) is 91.6 Å². The van der Waals surface area contributed by atoms with Crippen LogP contribution in [0.4, 0.5) is 0 Å². The summed E-state index contributed by atoms with van der Waals surface area (Å²) in [4.78, 5) is 40.4. The molecule has 0 aliphatic carbocycles. The Labute approximate surface area is 162 Å². The maximum Gasteiger partial charge on any atom is 0.331 e. The van der Waals surface area contributed by atoms with Gasteiger partial charge in [0, 0.05) is 5.56 Å². The van der Waals surface area contributed by atoms with Gasteiger partial charge < -0.3 is 4.74 Å². The van der Waals surface area contributed by atoms with Gasteiger partial charge in [-0.05, 0) is 43.5 Å². The van der Waals surface area contributed by atoms with Crippen molar-refractivity contribution in [3.8, 4) is 11.6 Å². The van der Waals surface area contributed by atoms with E-state index in [4.69, 9.17) is 4.74 Å². The molecule has 0 unspecified atom stereocenters. The maximum absolute atomic E-state index is 12.8. The predicted molar refractivity (Wildman–Crippen MR) is 107 cm³/mol. The van der Waals surface area contributed by atoms with Gasteiger partial charge in [-0.1, -0.05) is 43.3 Å². The Kier molecular flexibility index (Phi) is 5.59. The van der Waals surface area contributed by atoms with Crippen LogP contribution in [-0.4, -0.2) is 15.3 Å². The number of aryl methyl sites for hydroxylation is 2. The van der Waals surface area contributed by atoms with Crippen LogP contribution >= 0.6 is 0 Å². The van der Waals surface area contributed by atoms with Crippen LogP contribution in [0, 0.1) is 13.8 Å². The second kappa shape index (κ2) is 8.08. The number of benzene rings is 2. The summed E-state index contributed by atoms with van der Waals surface area (Å²) in [6.07, 6.45) is 0.356. The van der Waals surface area contributed by atoms with E-state index in [-0.39, 0.29) is 18.2 Å². The van der Waals surface area contributed by atoms with E-state index in [1.165, 1.54) is 0 Å². The SMILES string of the molecule is CCc1c(Oc2cc(C)cc(C)c2)[nH]c(=O)n(CC(=O)c2ccccc2)c1=O. The number of aromatic nitrogens is 2. The minimum Gasteiger partial charge on any atom is -0.440 e. The van der Waals surface area contributed by atoms with Crippen molar-refractivity contribution in [2.45, 2.75) is 33.7 Å². The summed E-state index contributed by atoms with van der Waals surface area (Å²) in [5.41, 5.74) is 1.59. The van der Waals surface area contributed by atoms with E-state index in [2.05, 4.69) is 4.98 Å². The van der Waals surface area contributed by atoms with Gasteiger partial charge in [-0.25, -0.2) is 4.79 Å². The van der Waals surface area contributed by atoms with Gasteiger partial charge in [-0.15, -0.1) is 0 Å². The summed E-state index contributed by atoms with van der Waals surface area (Å²) < 4.78 is 6.73. The number of aromatic amines is 1. The van der Waals surface area contributed by atoms with Crippen molar-refractivity contribution in [1.82, 2.24) is 9.55 Å². The summed E-state index contributed by atoms with van der Waals surface area (Å²) >= 11 is 0. The van der Waals surface area contributed by atoms with Crippen LogP contribution in [0.1, 0.15) is 34.0 Å². The van der Waals surface area contributed by atoms with E-state index in [1.807, 2.05) is 32.0 Å². The van der Waals surface area contributed by atoms with Crippen LogP contribution < -0.4 is 16.0 Å². The summed E-state index contributed by atoms with van der Waals surface area (Å²) in [5, 5.41) is 0. The fourth-order valence-electron chi connectivity index (χ4n) is 3.10. The van der Waals surface area contributed by atoms with Crippen molar-refractivity contribution < 1.29 is 9.53 Å². The van der Waals surface area contributed by atoms with E-state index in [9.17, 15) is 14.4 Å². The first-order chi connectivity index (χ1) is 13.4. The molecule has 0 amide bonds. The number of nitrogens with zero attached hydrogens (tertiary/aromatic N) is 1. The monoisotopic (exact) mass is 378 g/mol. The zero-order chi connectivity index (χ0) is 20.3. The number of ketones is 1. The lowest BCUT2D eigenvalue weighted by molar-refractivity contribution is 0.0968. The molecule has 0 radical (unpaired) electrons. The van der Waals surface area contributed by atoms with E-state index in [0.717, 1.165) is 15.7 Å². The van der Waals surface area contributed by atoms with Gasteiger partial charge in [0.05, 0.1) is 12.1 Å². The van der Waals surface area contributed by atoms with Gasteiger partial charge in [0.2, 0.25) is 5.88 Å². The zero-order valence-corrected chi connectivity index (χ0v) is 16.1. The van der Waals surface area contributed by atoms with Crippen LogP contribution in [0.5, 0.6) is 11.6 Å². The van der Waals surface area contributed by atoms with E-state index < -0.39 is 11.2 Å². The number of Topliss-reactive ketones (excluding diaryl/α,β-unsaturated/α-hetero) is 1. The number of ether oxygens (including phenoxy) is 1. The van der Waals surface area contributed by atoms with Crippen LogP contribution in [0.2, 0.25) is 0 Å². The molecular weight excluding hydrogens is 356 g/mol. The number of carbonyl (C=O) groups is 1. The van der Waals surface area contributed by atoms with Crippen molar-refractivity contribution in [1.29, 1.82) is 0 Å². The molecule has 1 heterocycles. The van der Waals surface area contributed by atoms with Crippen molar-refractivity contribution in [2.24, 2.45) is 0 Å². The molecule has 1 N–H and O–H groups in total. The largest absolute Gasteiger partial charge is 0.440 e. The molecule has 2 aromatic carbocycles. The molecule has 6 nitrogen and oxygen atoms in total. The molecule has 0 saturated carbocycles. The highest BCUT2D eigenvalue weighted by Crippen LogP contribution is 2.23. The Morgan fingerprint density at radius 1 is 1.04 bits per heavy atom. The first kappa shape index (κ1) is 19.4. The Balaban J connectivity index is 1.98. The Hall–Kier alpha value is -3.41. The lowest BCUT2D eigenvalue weighted by atomic mass is 10.1. The molecule has 0 fully saturated rings. The average Bonchev–Trinajstić information content (AvgIpc) is 2.65. The normalized spacial score (nSPS) is 10.7. The summed E-state index contributed by atoms with van der Waals surface area (Å²) in [6, 6.07) is 14.2. The molecule has 1 aromatic heterocycles. The highest BCUT2D eigenvalue weighted by atomic mass is 16.5. The third-order valence-corrected chi connectivity index (χ3v) is 4.41. The Morgan fingerprint density at radius 3 is 2.29 bits per heavy atom. The summed E-state index contributed by atoms with van der Waals surface area (Å²) in [6.45, 7) is 5.36. The quantitative estimate of drug-likeness (QED) is 0.667. The standard InChI is InChI=1S/C22H22N2O4/c1-4-18-20(28-17-11-14(2)10-15(3)12-17)23-22(27)24(21(18)26)13-19(25)16-8-6-5-7-9-16/h5-12H,4,13H2,1-3H3,(H,23,27). The highest BCUT2D eigenvalue weighted by Gasteiger charge is 2.17. The van der Waals surface area contributed by atoms with Crippen molar-refractivity contribution >= 4 is 5.78 Å². The molecular formula is C22H22N2O4. The molecule has 144 valence electrons. The Morgan fingerprint density at radius 2 is 1.68 bits per heavy atom. The first-order valence-electron chi connectivity index (χ1n) is 9.09. The van der Waals surface area contributed by atoms with Crippen molar-refractivity contribution in [2.75, 3.05) is 0 Å². The predicted octanol–water partition coefficient (Wildman–Crippen LogP) is 3.39. The maximum atomic E-state index is 12.8. The lowest BCUT2D eigenvalue weighted by Crippen LogP contribution is -2.39. The van der Waals surface area contributed by atoms with Crippen LogP contribution in [0.3, 0.4) is 0 Å². The number of nitrogens with one attached hydrogen (secondary N) is 1. The number of hydrogen-bond donors (Lipinski definition) is 1. The molecule has 0 bridgehead atoms. The Bertz CT molecular complexity index is 1110. The summed E-state index contributed by atoms with van der Waals surface area (Å²) in [7, 11) is 0. The van der Waals surface area contributed by atoms with Gasteiger partial charge in [-0.3, -0.25) is 19.1 Å². The van der Waals surface area contributed by atoms with E-state index >= 15 is 0 Å². The third-order valence-electron chi connectivity index (χ3n) is 4.41. The fraction of sp³-hybridized carbons (Fsp3) is 0.227. The topological polar surface area (TPSA) is 81.2 Å². The summed E-state index contributed by atoms with van der Waals surface area (Å²) in [5.74, 6) is 0.351. The van der Waals surface area contributed by atoms with Crippen LogP contribution in [-0.2, 0) is 13.0 Å². The van der Waals surface area contributed by atoms with Gasteiger partial charge in [0.15, 0.2) is 5.78 Å². The molecule has 0 spiro atoms. The minimum absolute atomic E-state index is 0.117. The minimum atomic E-state index is -0.675. The molecule has 0 atom stereocenters. The lowest BCUT2D eigenvalue weighted by Gasteiger charge is -2.13. The average molecular weight is 378 g/mol. The van der Waals surface area contributed by atoms with Crippen LogP contribution in [0.15, 0.2) is 58.1 Å². The highest BCUT2D eigenvalue weighted by molar-refractivity contribution is 5.95. The fourth-order valence-corrected chi connectivity index (χ4v) is 3.10. The number of hydrogen-bond acceptors (Lipinski definition) is 4. The van der Waals surface area contributed by atoms with Crippen molar-refractivity contribution in [3.63, 3.8) is 0 Å². The number of H-pyrrole nitrogens is 1. The van der Waals surface area contributed by atoms with Crippen LogP contribution in [0.25, 0.3) is 0 Å². The smallest absolute Gasteiger partial charge is 0.331 e. The zero-order valence-electron chi connectivity index (χ0n) is 16.1. The first-order valence-corrected chi connectivity index (χ1v) is 9.09. The second-order valence-corrected chi connectivity index (χ2v) is 6.70. The van der Waals surface area contributed by atoms with E-state index in [1.54, 1.807) is 37.3 Å². The molecule has 28 heavy (non-hydrogen) atoms. The van der Waals surface area contributed by atoms with Gasteiger partial charge in [-0.2, -0.15) is 0 Å². The molecule has 0 aliphatic heterocycles. The third kappa shape index (κ3) is 4.11. The molecule has 0 saturated heterocycles. The molecule has 3 aromatic rings. The molecule has 6 heteroatoms. The molecule has 3 rings (SSSR count). The number of carbonyl (C=O) groups excluding carboxylic acids is 1. The van der Waals surface area contributed by atoms with E-state index in [0.29, 0.717) is 23.3 Å². The van der Waals surface area contributed by atoms with Gasteiger partial charge >= 0.3 is 5.69 Å².